The van der Waals surface area contributed by atoms with Gasteiger partial charge in [-0.05, 0) is 42.3 Å². The molecule has 0 aliphatic carbocycles. The van der Waals surface area contributed by atoms with Gasteiger partial charge >= 0.3 is 0 Å². The first-order valence-electron chi connectivity index (χ1n) is 9.72. The molecule has 29 heavy (non-hydrogen) atoms. The normalized spacial score (nSPS) is 14.5. The summed E-state index contributed by atoms with van der Waals surface area (Å²) in [5, 5.41) is 2.76. The lowest BCUT2D eigenvalue weighted by molar-refractivity contribution is -0.133. The Morgan fingerprint density at radius 1 is 1.03 bits per heavy atom. The van der Waals surface area contributed by atoms with Crippen LogP contribution >= 0.6 is 0 Å². The number of benzene rings is 2. The summed E-state index contributed by atoms with van der Waals surface area (Å²) in [6, 6.07) is 13.4. The average molecular weight is 399 g/mol. The lowest BCUT2D eigenvalue weighted by Gasteiger charge is -2.34. The number of carbonyl (C=O) groups excluding carboxylic acids is 2. The molecule has 1 aliphatic heterocycles. The Bertz CT molecular complexity index is 833. The molecule has 6 nitrogen and oxygen atoms in total. The van der Waals surface area contributed by atoms with E-state index in [4.69, 9.17) is 4.74 Å². The van der Waals surface area contributed by atoms with Crippen LogP contribution in [0.5, 0.6) is 5.75 Å². The van der Waals surface area contributed by atoms with Gasteiger partial charge in [-0.2, -0.15) is 0 Å². The summed E-state index contributed by atoms with van der Waals surface area (Å²) >= 11 is 0. The molecule has 0 atom stereocenters. The number of aryl methyl sites for hydroxylation is 1. The monoisotopic (exact) mass is 399 g/mol. The fourth-order valence-electron chi connectivity index (χ4n) is 3.40. The van der Waals surface area contributed by atoms with E-state index in [1.165, 1.54) is 24.3 Å². The van der Waals surface area contributed by atoms with Crippen LogP contribution in [0, 0.1) is 5.82 Å². The number of nitrogens with one attached hydrogen (secondary N) is 1. The van der Waals surface area contributed by atoms with Crippen molar-refractivity contribution in [2.45, 2.75) is 12.8 Å². The number of methoxy groups -OCH3 is 1. The van der Waals surface area contributed by atoms with Crippen molar-refractivity contribution in [3.05, 3.63) is 59.9 Å². The first-order valence-corrected chi connectivity index (χ1v) is 9.72. The Hall–Kier alpha value is -2.93. The second-order valence-electron chi connectivity index (χ2n) is 7.02. The fraction of sp³-hybridized carbons (Fsp3) is 0.364. The summed E-state index contributed by atoms with van der Waals surface area (Å²) in [5.41, 5.74) is 1.60. The molecule has 1 aliphatic rings. The van der Waals surface area contributed by atoms with Gasteiger partial charge in [-0.15, -0.1) is 0 Å². The van der Waals surface area contributed by atoms with E-state index in [2.05, 4.69) is 5.32 Å². The predicted molar refractivity (Wildman–Crippen MR) is 109 cm³/mol. The second kappa shape index (κ2) is 10.0. The molecule has 0 bridgehead atoms. The molecule has 2 aromatic carbocycles. The fourth-order valence-corrected chi connectivity index (χ4v) is 3.40. The van der Waals surface area contributed by atoms with Gasteiger partial charge in [0.1, 0.15) is 11.6 Å². The van der Waals surface area contributed by atoms with E-state index in [9.17, 15) is 14.0 Å². The van der Waals surface area contributed by atoms with Crippen LogP contribution in [0.15, 0.2) is 48.5 Å². The molecular weight excluding hydrogens is 373 g/mol. The Balaban J connectivity index is 1.40. The number of halogens is 1. The second-order valence-corrected chi connectivity index (χ2v) is 7.02. The molecule has 3 rings (SSSR count). The maximum absolute atomic E-state index is 12.9. The third-order valence-electron chi connectivity index (χ3n) is 5.02. The van der Waals surface area contributed by atoms with Crippen LogP contribution in [-0.2, 0) is 16.0 Å². The third-order valence-corrected chi connectivity index (χ3v) is 5.02. The minimum absolute atomic E-state index is 0.117. The largest absolute Gasteiger partial charge is 0.496 e. The molecule has 1 N–H and O–H groups in total. The van der Waals surface area contributed by atoms with E-state index < -0.39 is 0 Å². The van der Waals surface area contributed by atoms with E-state index in [1.807, 2.05) is 34.1 Å². The first-order chi connectivity index (χ1) is 14.0. The number of rotatable bonds is 7. The van der Waals surface area contributed by atoms with Crippen molar-refractivity contribution in [1.82, 2.24) is 9.80 Å². The molecule has 154 valence electrons. The highest BCUT2D eigenvalue weighted by Crippen LogP contribution is 2.19. The van der Waals surface area contributed by atoms with Crippen molar-refractivity contribution in [2.75, 3.05) is 45.2 Å². The topological polar surface area (TPSA) is 61.9 Å². The first kappa shape index (κ1) is 20.8. The molecule has 2 aromatic rings. The third kappa shape index (κ3) is 6.02. The Labute approximate surface area is 170 Å². The highest BCUT2D eigenvalue weighted by Gasteiger charge is 2.22. The molecule has 7 heteroatoms. The van der Waals surface area contributed by atoms with E-state index in [0.717, 1.165) is 11.3 Å². The summed E-state index contributed by atoms with van der Waals surface area (Å²) in [4.78, 5) is 28.6. The number of hydrogen-bond donors (Lipinski definition) is 1. The standard InChI is InChI=1S/C22H26FN3O3/c1-29-20-5-3-2-4-17(20)6-11-22(28)26-14-12-25(13-15-26)16-21(27)24-19-9-7-18(23)8-10-19/h2-5,7-10H,6,11-16H2,1H3,(H,24,27). The van der Waals surface area contributed by atoms with Crippen LogP contribution in [0.3, 0.4) is 0 Å². The quantitative estimate of drug-likeness (QED) is 0.777. The number of nitrogens with zero attached hydrogens (tertiary/aromatic N) is 2. The van der Waals surface area contributed by atoms with Crippen LogP contribution in [0.4, 0.5) is 10.1 Å². The number of hydrogen-bond acceptors (Lipinski definition) is 4. The smallest absolute Gasteiger partial charge is 0.238 e. The van der Waals surface area contributed by atoms with Crippen LogP contribution in [0.2, 0.25) is 0 Å². The maximum Gasteiger partial charge on any atom is 0.238 e. The van der Waals surface area contributed by atoms with Crippen molar-refractivity contribution in [1.29, 1.82) is 0 Å². The minimum Gasteiger partial charge on any atom is -0.496 e. The Morgan fingerprint density at radius 3 is 2.41 bits per heavy atom. The predicted octanol–water partition coefficient (Wildman–Crippen LogP) is 2.55. The van der Waals surface area contributed by atoms with E-state index in [-0.39, 0.29) is 24.2 Å². The lowest BCUT2D eigenvalue weighted by atomic mass is 10.1. The minimum atomic E-state index is -0.338. The van der Waals surface area contributed by atoms with Gasteiger partial charge < -0.3 is 15.0 Å². The van der Waals surface area contributed by atoms with Gasteiger partial charge in [0.05, 0.1) is 13.7 Å². The summed E-state index contributed by atoms with van der Waals surface area (Å²) in [6.45, 7) is 2.76. The van der Waals surface area contributed by atoms with Crippen molar-refractivity contribution in [2.24, 2.45) is 0 Å². The number of ether oxygens (including phenoxy) is 1. The van der Waals surface area contributed by atoms with Gasteiger partial charge in [0.15, 0.2) is 0 Å². The number of piperazine rings is 1. The highest BCUT2D eigenvalue weighted by molar-refractivity contribution is 5.92. The molecule has 1 fully saturated rings. The van der Waals surface area contributed by atoms with Crippen LogP contribution in [0.25, 0.3) is 0 Å². The van der Waals surface area contributed by atoms with Gasteiger partial charge in [0, 0.05) is 38.3 Å². The van der Waals surface area contributed by atoms with Crippen LogP contribution < -0.4 is 10.1 Å². The van der Waals surface area contributed by atoms with Crippen molar-refractivity contribution < 1.29 is 18.7 Å². The number of amides is 2. The SMILES string of the molecule is COc1ccccc1CCC(=O)N1CCN(CC(=O)Nc2ccc(F)cc2)CC1. The maximum atomic E-state index is 12.9. The molecule has 0 unspecified atom stereocenters. The summed E-state index contributed by atoms with van der Waals surface area (Å²) in [6.07, 6.45) is 1.08. The van der Waals surface area contributed by atoms with Gasteiger partial charge in [-0.1, -0.05) is 18.2 Å². The van der Waals surface area contributed by atoms with Crippen molar-refractivity contribution in [3.63, 3.8) is 0 Å². The van der Waals surface area contributed by atoms with E-state index in [0.29, 0.717) is 44.7 Å². The molecule has 1 saturated heterocycles. The van der Waals surface area contributed by atoms with Crippen molar-refractivity contribution in [3.8, 4) is 5.75 Å². The van der Waals surface area contributed by atoms with Crippen molar-refractivity contribution >= 4 is 17.5 Å². The molecule has 1 heterocycles. The number of para-hydroxylation sites is 1. The van der Waals surface area contributed by atoms with Gasteiger partial charge in [0.2, 0.25) is 11.8 Å². The molecule has 0 saturated carbocycles. The van der Waals surface area contributed by atoms with Gasteiger partial charge in [-0.3, -0.25) is 14.5 Å². The van der Waals surface area contributed by atoms with Gasteiger partial charge in [0.25, 0.3) is 0 Å². The van der Waals surface area contributed by atoms with E-state index in [1.54, 1.807) is 7.11 Å². The lowest BCUT2D eigenvalue weighted by Crippen LogP contribution is -2.50. The number of carbonyl (C=O) groups is 2. The number of anilines is 1. The zero-order valence-electron chi connectivity index (χ0n) is 16.6. The zero-order chi connectivity index (χ0) is 20.6. The summed E-state index contributed by atoms with van der Waals surface area (Å²) in [7, 11) is 1.63. The zero-order valence-corrected chi connectivity index (χ0v) is 16.6. The Morgan fingerprint density at radius 2 is 1.72 bits per heavy atom. The molecule has 0 radical (unpaired) electrons. The van der Waals surface area contributed by atoms with Gasteiger partial charge in [-0.25, -0.2) is 4.39 Å². The molecule has 0 spiro atoms. The van der Waals surface area contributed by atoms with Crippen LogP contribution in [0.1, 0.15) is 12.0 Å². The molecule has 0 aromatic heterocycles. The molecular formula is C22H26FN3O3. The van der Waals surface area contributed by atoms with Crippen LogP contribution in [-0.4, -0.2) is 61.4 Å². The highest BCUT2D eigenvalue weighted by atomic mass is 19.1. The van der Waals surface area contributed by atoms with E-state index >= 15 is 0 Å². The Kier molecular flexibility index (Phi) is 7.19. The molecule has 2 amide bonds. The summed E-state index contributed by atoms with van der Waals surface area (Å²) in [5.74, 6) is 0.436. The average Bonchev–Trinajstić information content (AvgIpc) is 2.74. The summed E-state index contributed by atoms with van der Waals surface area (Å²) < 4.78 is 18.3.